The van der Waals surface area contributed by atoms with Gasteiger partial charge in [0.25, 0.3) is 0 Å². The summed E-state index contributed by atoms with van der Waals surface area (Å²) in [6.45, 7) is 10.2. The number of nitrogens with zero attached hydrogens (tertiary/aromatic N) is 2. The number of carbonyl (C=O) groups is 6. The van der Waals surface area contributed by atoms with Crippen molar-refractivity contribution < 1.29 is 38.2 Å². The molecule has 0 aromatic heterocycles. The number of thioether (sulfide) groups is 2. The van der Waals surface area contributed by atoms with Gasteiger partial charge in [0.2, 0.25) is 35.4 Å². The van der Waals surface area contributed by atoms with Gasteiger partial charge in [-0.1, -0.05) is 127 Å². The van der Waals surface area contributed by atoms with Crippen LogP contribution in [0, 0.1) is 16.7 Å². The Kier molecular flexibility index (Phi) is 22.3. The molecule has 0 radical (unpaired) electrons. The highest BCUT2D eigenvalue weighted by atomic mass is 32.2. The first-order chi connectivity index (χ1) is 35.0. The first-order valence-electron chi connectivity index (χ1n) is 26.7. The van der Waals surface area contributed by atoms with Gasteiger partial charge in [-0.05, 0) is 92.0 Å². The number of fused-ring (bicyclic) bond motifs is 2. The minimum Gasteiger partial charge on any atom is -0.379 e. The number of hydrogen-bond acceptors (Lipinski definition) is 12. The highest BCUT2D eigenvalue weighted by Gasteiger charge is 2.55. The fourth-order valence-corrected chi connectivity index (χ4v) is 14.4. The highest BCUT2D eigenvalue weighted by molar-refractivity contribution is 8.00. The average Bonchev–Trinajstić information content (AvgIpc) is 3.68. The molecule has 0 spiro atoms. The lowest BCUT2D eigenvalue weighted by molar-refractivity contribution is -0.144. The molecular formula is C55H84N8O8S2. The molecule has 6 amide bonds. The fraction of sp³-hybridized carbons (Fsp3) is 0.673. The molecule has 18 heteroatoms. The first kappa shape index (κ1) is 58.1. The Labute approximate surface area is 442 Å². The molecule has 0 aliphatic carbocycles. The van der Waals surface area contributed by atoms with Gasteiger partial charge < -0.3 is 51.6 Å². The van der Waals surface area contributed by atoms with Crippen LogP contribution in [-0.4, -0.2) is 139 Å². The van der Waals surface area contributed by atoms with Crippen molar-refractivity contribution in [1.82, 2.24) is 36.4 Å². The van der Waals surface area contributed by atoms with Crippen LogP contribution in [0.1, 0.15) is 134 Å². The van der Waals surface area contributed by atoms with Crippen LogP contribution in [0.4, 0.5) is 0 Å². The van der Waals surface area contributed by atoms with Gasteiger partial charge in [-0.25, -0.2) is 0 Å². The van der Waals surface area contributed by atoms with Crippen LogP contribution in [0.15, 0.2) is 60.7 Å². The van der Waals surface area contributed by atoms with Gasteiger partial charge in [0.05, 0.1) is 48.6 Å². The zero-order valence-electron chi connectivity index (χ0n) is 44.2. The standard InChI is InChI=1S/C55H84N8O8S2/c1-54(2)31-46-62(45(65)30-37(36-73-46)29-41(58-6)50(56)66)48(54)51(67)60-42(38-21-15-13-16-22-38)34-70-26-19-11-9-7-8-10-12-20-27-71-35-43(39-23-17-14-18-24-39)61-52(68)49-55(3,4)32-47-63(49)53(69)40(25-28-72-47)59-44(64)33-57-5/h13-18,21-24,37,40-43,46-49,57-58H,7-12,19-20,25-36H2,1-6H3,(H2,56,66)(H,59,64)(H,60,67)(H,61,68)/t37?,40-,41-,42+,43+,46-,47-,48+,49?/m0/s1. The number of amides is 6. The van der Waals surface area contributed by atoms with Crippen molar-refractivity contribution in [2.24, 2.45) is 22.5 Å². The van der Waals surface area contributed by atoms with Gasteiger partial charge in [-0.2, -0.15) is 0 Å². The van der Waals surface area contributed by atoms with Gasteiger partial charge in [-0.15, -0.1) is 23.5 Å². The molecule has 2 aromatic rings. The van der Waals surface area contributed by atoms with E-state index in [1.165, 1.54) is 0 Å². The Morgan fingerprint density at radius 3 is 1.70 bits per heavy atom. The molecule has 9 atom stereocenters. The molecule has 0 saturated carbocycles. The molecule has 0 bridgehead atoms. The van der Waals surface area contributed by atoms with Gasteiger partial charge >= 0.3 is 0 Å². The lowest BCUT2D eigenvalue weighted by Gasteiger charge is -2.35. The molecule has 7 N–H and O–H groups in total. The van der Waals surface area contributed by atoms with Crippen LogP contribution in [0.25, 0.3) is 0 Å². The molecule has 4 aliphatic rings. The van der Waals surface area contributed by atoms with Gasteiger partial charge in [0, 0.05) is 19.6 Å². The number of rotatable bonds is 28. The molecule has 4 fully saturated rings. The summed E-state index contributed by atoms with van der Waals surface area (Å²) in [5.74, 6) is 0.109. The van der Waals surface area contributed by atoms with E-state index in [9.17, 15) is 28.8 Å². The minimum atomic E-state index is -0.687. The van der Waals surface area contributed by atoms with Crippen LogP contribution in [0.2, 0.25) is 0 Å². The number of unbranched alkanes of at least 4 members (excludes halogenated alkanes) is 7. The van der Waals surface area contributed by atoms with Crippen LogP contribution >= 0.6 is 23.5 Å². The van der Waals surface area contributed by atoms with E-state index in [2.05, 4.69) is 40.4 Å². The lowest BCUT2D eigenvalue weighted by Crippen LogP contribution is -2.57. The molecule has 2 aromatic carbocycles. The number of hydrogen-bond donors (Lipinski definition) is 6. The van der Waals surface area contributed by atoms with Crippen molar-refractivity contribution in [3.63, 3.8) is 0 Å². The van der Waals surface area contributed by atoms with Crippen molar-refractivity contribution in [2.75, 3.05) is 58.6 Å². The molecule has 2 unspecified atom stereocenters. The maximum absolute atomic E-state index is 14.3. The second-order valence-electron chi connectivity index (χ2n) is 21.8. The third-order valence-electron chi connectivity index (χ3n) is 15.0. The minimum absolute atomic E-state index is 0.0203. The maximum atomic E-state index is 14.3. The summed E-state index contributed by atoms with van der Waals surface area (Å²) in [5.41, 5.74) is 6.60. The Morgan fingerprint density at radius 2 is 1.21 bits per heavy atom. The summed E-state index contributed by atoms with van der Waals surface area (Å²) in [4.78, 5) is 84.4. The summed E-state index contributed by atoms with van der Waals surface area (Å²) in [6.07, 6.45) is 11.1. The van der Waals surface area contributed by atoms with Crippen LogP contribution < -0.4 is 32.3 Å². The zero-order valence-corrected chi connectivity index (χ0v) is 45.8. The number of nitrogens with two attached hydrogens (primary N) is 1. The monoisotopic (exact) mass is 1050 g/mol. The van der Waals surface area contributed by atoms with E-state index in [4.69, 9.17) is 15.2 Å². The maximum Gasteiger partial charge on any atom is 0.246 e. The second-order valence-corrected chi connectivity index (χ2v) is 24.3. The molecule has 404 valence electrons. The number of likely N-dealkylation sites (N-methyl/N-ethyl adjacent to an activating group) is 2. The van der Waals surface area contributed by atoms with Crippen molar-refractivity contribution in [1.29, 1.82) is 0 Å². The van der Waals surface area contributed by atoms with Gasteiger partial charge in [0.15, 0.2) is 0 Å². The Balaban J connectivity index is 0.888. The van der Waals surface area contributed by atoms with Crippen molar-refractivity contribution in [2.45, 2.75) is 158 Å². The van der Waals surface area contributed by atoms with Crippen molar-refractivity contribution in [3.05, 3.63) is 71.8 Å². The zero-order chi connectivity index (χ0) is 52.5. The molecule has 4 heterocycles. The van der Waals surface area contributed by atoms with E-state index in [0.717, 1.165) is 74.0 Å². The lowest BCUT2D eigenvalue weighted by atomic mass is 9.83. The summed E-state index contributed by atoms with van der Waals surface area (Å²) >= 11 is 3.38. The smallest absolute Gasteiger partial charge is 0.246 e. The highest BCUT2D eigenvalue weighted by Crippen LogP contribution is 2.48. The number of primary amides is 1. The second kappa shape index (κ2) is 28.1. The van der Waals surface area contributed by atoms with Gasteiger partial charge in [0.1, 0.15) is 18.1 Å². The number of ether oxygens (including phenoxy) is 2. The van der Waals surface area contributed by atoms with Crippen LogP contribution in [-0.2, 0) is 38.2 Å². The van der Waals surface area contributed by atoms with E-state index in [0.29, 0.717) is 52.1 Å². The van der Waals surface area contributed by atoms with Crippen molar-refractivity contribution >= 4 is 59.0 Å². The summed E-state index contributed by atoms with van der Waals surface area (Å²) in [7, 11) is 3.40. The first-order valence-corrected chi connectivity index (χ1v) is 28.8. The van der Waals surface area contributed by atoms with Crippen LogP contribution in [0.3, 0.4) is 0 Å². The Hall–Kier alpha value is -4.20. The summed E-state index contributed by atoms with van der Waals surface area (Å²) in [5, 5.41) is 15.0. The van der Waals surface area contributed by atoms with Crippen LogP contribution in [0.5, 0.6) is 0 Å². The Morgan fingerprint density at radius 1 is 0.712 bits per heavy atom. The third-order valence-corrected chi connectivity index (χ3v) is 17.7. The van der Waals surface area contributed by atoms with Gasteiger partial charge in [-0.3, -0.25) is 28.8 Å². The molecular weight excluding hydrogens is 965 g/mol. The summed E-state index contributed by atoms with van der Waals surface area (Å²) < 4.78 is 12.4. The number of carbonyl (C=O) groups excluding carboxylic acids is 6. The topological polar surface area (TPSA) is 214 Å². The Bertz CT molecular complexity index is 2120. The average molecular weight is 1050 g/mol. The SMILES string of the molecule is CNCC(=O)N[C@H]1CCS[C@H]2CC(C)(C)C(C(=O)N[C@H](COCCCCCCCCCCOC[C@@H](NC(=O)[C@H]3N4C(=O)CC(C[C@H](NC)C(N)=O)CS[C@H]4CC3(C)C)c3ccccc3)c3ccccc3)N2C1=O. The van der Waals surface area contributed by atoms with E-state index < -0.39 is 40.9 Å². The molecule has 4 saturated heterocycles. The predicted molar refractivity (Wildman–Crippen MR) is 289 cm³/mol. The largest absolute Gasteiger partial charge is 0.379 e. The van der Waals surface area contributed by atoms with E-state index >= 15 is 0 Å². The molecule has 16 nitrogen and oxygen atoms in total. The summed E-state index contributed by atoms with van der Waals surface area (Å²) in [6, 6.07) is 16.5. The fourth-order valence-electron chi connectivity index (χ4n) is 11.1. The number of benzene rings is 2. The van der Waals surface area contributed by atoms with E-state index in [1.807, 2.05) is 74.5 Å². The normalized spacial score (nSPS) is 24.6. The van der Waals surface area contributed by atoms with Crippen molar-refractivity contribution in [3.8, 4) is 0 Å². The molecule has 4 aliphatic heterocycles. The third kappa shape index (κ3) is 16.2. The molecule has 6 rings (SSSR count). The molecule has 73 heavy (non-hydrogen) atoms. The van der Waals surface area contributed by atoms with E-state index in [-0.39, 0.29) is 71.3 Å². The van der Waals surface area contributed by atoms with E-state index in [1.54, 1.807) is 47.4 Å². The predicted octanol–water partition coefficient (Wildman–Crippen LogP) is 5.82. The number of nitrogens with one attached hydrogen (secondary N) is 5. The quantitative estimate of drug-likeness (QED) is 0.0557.